The van der Waals surface area contributed by atoms with Crippen molar-refractivity contribution in [2.75, 3.05) is 12.8 Å². The summed E-state index contributed by atoms with van der Waals surface area (Å²) in [6.07, 6.45) is 1.64. The quantitative estimate of drug-likeness (QED) is 0.841. The zero-order valence-corrected chi connectivity index (χ0v) is 12.5. The van der Waals surface area contributed by atoms with Gasteiger partial charge in [0.2, 0.25) is 5.88 Å². The molecule has 1 amide bonds. The number of aromatic nitrogens is 1. The van der Waals surface area contributed by atoms with Crippen LogP contribution in [0.3, 0.4) is 0 Å². The maximum Gasteiger partial charge on any atom is 0.252 e. The van der Waals surface area contributed by atoms with Crippen molar-refractivity contribution in [3.8, 4) is 5.88 Å². The number of nitrogens with zero attached hydrogens (tertiary/aromatic N) is 1. The van der Waals surface area contributed by atoms with E-state index in [2.05, 4.69) is 26.2 Å². The molecule has 6 heteroatoms. The van der Waals surface area contributed by atoms with Gasteiger partial charge in [0, 0.05) is 24.5 Å². The molecule has 0 radical (unpaired) electrons. The molecule has 2 rings (SSSR count). The minimum Gasteiger partial charge on any atom is -0.481 e. The highest BCUT2D eigenvalue weighted by Gasteiger charge is 2.11. The number of anilines is 1. The Balaban J connectivity index is 2.06. The number of nitrogen functional groups attached to an aromatic ring is 1. The van der Waals surface area contributed by atoms with E-state index in [1.54, 1.807) is 37.6 Å². The van der Waals surface area contributed by atoms with Crippen molar-refractivity contribution in [3.63, 3.8) is 0 Å². The molecule has 0 aliphatic carbocycles. The summed E-state index contributed by atoms with van der Waals surface area (Å²) in [5.74, 6) is 0.321. The third-order valence-corrected chi connectivity index (χ3v) is 3.62. The van der Waals surface area contributed by atoms with E-state index in [1.165, 1.54) is 0 Å². The van der Waals surface area contributed by atoms with E-state index in [0.717, 1.165) is 5.56 Å². The Morgan fingerprint density at radius 3 is 3.00 bits per heavy atom. The lowest BCUT2D eigenvalue weighted by Crippen LogP contribution is -2.23. The Labute approximate surface area is 125 Å². The topological polar surface area (TPSA) is 77.2 Å². The zero-order chi connectivity index (χ0) is 14.5. The van der Waals surface area contributed by atoms with Crippen LogP contribution < -0.4 is 15.8 Å². The molecule has 1 aromatic carbocycles. The zero-order valence-electron chi connectivity index (χ0n) is 10.9. The van der Waals surface area contributed by atoms with Gasteiger partial charge in [0.05, 0.1) is 17.1 Å². The first-order valence-electron chi connectivity index (χ1n) is 5.93. The van der Waals surface area contributed by atoms with Gasteiger partial charge in [-0.2, -0.15) is 0 Å². The van der Waals surface area contributed by atoms with Gasteiger partial charge in [0.15, 0.2) is 0 Å². The number of amides is 1. The van der Waals surface area contributed by atoms with Gasteiger partial charge < -0.3 is 15.8 Å². The Bertz CT molecular complexity index is 632. The minimum atomic E-state index is -0.194. The van der Waals surface area contributed by atoms with E-state index in [0.29, 0.717) is 28.1 Å². The summed E-state index contributed by atoms with van der Waals surface area (Å²) in [4.78, 5) is 16.1. The smallest absolute Gasteiger partial charge is 0.252 e. The summed E-state index contributed by atoms with van der Waals surface area (Å²) >= 11 is 3.31. The predicted molar refractivity (Wildman–Crippen MR) is 80.5 cm³/mol. The molecule has 1 heterocycles. The van der Waals surface area contributed by atoms with Crippen LogP contribution in [-0.4, -0.2) is 18.0 Å². The fourth-order valence-electron chi connectivity index (χ4n) is 1.67. The minimum absolute atomic E-state index is 0.194. The highest BCUT2D eigenvalue weighted by molar-refractivity contribution is 9.10. The Hall–Kier alpha value is -2.08. The molecule has 0 spiro atoms. The van der Waals surface area contributed by atoms with Gasteiger partial charge in [-0.05, 0) is 39.7 Å². The summed E-state index contributed by atoms with van der Waals surface area (Å²) < 4.78 is 5.63. The van der Waals surface area contributed by atoms with Crippen LogP contribution in [0.2, 0.25) is 0 Å². The van der Waals surface area contributed by atoms with Crippen LogP contribution in [0.1, 0.15) is 15.9 Å². The van der Waals surface area contributed by atoms with Crippen LogP contribution >= 0.6 is 15.9 Å². The van der Waals surface area contributed by atoms with Gasteiger partial charge in [0.25, 0.3) is 5.91 Å². The number of pyridine rings is 1. The molecule has 3 N–H and O–H groups in total. The van der Waals surface area contributed by atoms with Crippen molar-refractivity contribution in [2.45, 2.75) is 6.54 Å². The average molecular weight is 336 g/mol. The number of carbonyl (C=O) groups is 1. The number of nitrogens with two attached hydrogens (primary N) is 1. The average Bonchev–Trinajstić information content (AvgIpc) is 2.48. The second-order valence-electron chi connectivity index (χ2n) is 4.10. The van der Waals surface area contributed by atoms with E-state index in [1.807, 2.05) is 6.07 Å². The van der Waals surface area contributed by atoms with E-state index < -0.39 is 0 Å². The molecule has 1 aromatic heterocycles. The summed E-state index contributed by atoms with van der Waals surface area (Å²) in [7, 11) is 1.55. The Morgan fingerprint density at radius 2 is 2.25 bits per heavy atom. The van der Waals surface area contributed by atoms with Gasteiger partial charge in [-0.3, -0.25) is 4.79 Å². The number of methoxy groups -OCH3 is 1. The molecule has 2 aromatic rings. The van der Waals surface area contributed by atoms with Crippen LogP contribution in [0.15, 0.2) is 41.0 Å². The number of rotatable bonds is 4. The number of carbonyl (C=O) groups excluding carboxylic acids is 1. The fourth-order valence-corrected chi connectivity index (χ4v) is 2.12. The third kappa shape index (κ3) is 3.27. The lowest BCUT2D eigenvalue weighted by molar-refractivity contribution is 0.0950. The van der Waals surface area contributed by atoms with Crippen LogP contribution in [-0.2, 0) is 6.54 Å². The maximum atomic E-state index is 12.1. The SMILES string of the molecule is COc1cc(CNC(=O)c2cccc(N)c2Br)ccn1. The van der Waals surface area contributed by atoms with E-state index in [-0.39, 0.29) is 5.91 Å². The van der Waals surface area contributed by atoms with Gasteiger partial charge >= 0.3 is 0 Å². The monoisotopic (exact) mass is 335 g/mol. The van der Waals surface area contributed by atoms with Gasteiger partial charge in [-0.15, -0.1) is 0 Å². The third-order valence-electron chi connectivity index (χ3n) is 2.73. The van der Waals surface area contributed by atoms with Crippen molar-refractivity contribution >= 4 is 27.5 Å². The standard InChI is InChI=1S/C14H14BrN3O2/c1-20-12-7-9(5-6-17-12)8-18-14(19)10-3-2-4-11(16)13(10)15/h2-7H,8,16H2,1H3,(H,18,19). The largest absolute Gasteiger partial charge is 0.481 e. The van der Waals surface area contributed by atoms with Crippen molar-refractivity contribution in [1.82, 2.24) is 10.3 Å². The van der Waals surface area contributed by atoms with Gasteiger partial charge in [-0.25, -0.2) is 4.98 Å². The van der Waals surface area contributed by atoms with E-state index in [4.69, 9.17) is 10.5 Å². The second-order valence-corrected chi connectivity index (χ2v) is 4.89. The van der Waals surface area contributed by atoms with Crippen LogP contribution in [0.25, 0.3) is 0 Å². The fraction of sp³-hybridized carbons (Fsp3) is 0.143. The molecular weight excluding hydrogens is 322 g/mol. The molecule has 0 bridgehead atoms. The summed E-state index contributed by atoms with van der Waals surface area (Å²) in [6.45, 7) is 0.388. The molecule has 0 saturated carbocycles. The molecule has 0 unspecified atom stereocenters. The van der Waals surface area contributed by atoms with Crippen molar-refractivity contribution in [3.05, 3.63) is 52.1 Å². The molecule has 20 heavy (non-hydrogen) atoms. The number of halogens is 1. The molecule has 0 saturated heterocycles. The summed E-state index contributed by atoms with van der Waals surface area (Å²) in [5.41, 5.74) is 7.70. The number of benzene rings is 1. The van der Waals surface area contributed by atoms with Gasteiger partial charge in [-0.1, -0.05) is 6.07 Å². The Morgan fingerprint density at radius 1 is 1.45 bits per heavy atom. The molecule has 0 aliphatic heterocycles. The molecule has 104 valence electrons. The maximum absolute atomic E-state index is 12.1. The normalized spacial score (nSPS) is 10.1. The highest BCUT2D eigenvalue weighted by atomic mass is 79.9. The Kier molecular flexibility index (Phi) is 4.57. The highest BCUT2D eigenvalue weighted by Crippen LogP contribution is 2.23. The number of nitrogens with one attached hydrogen (secondary N) is 1. The van der Waals surface area contributed by atoms with Crippen molar-refractivity contribution in [2.24, 2.45) is 0 Å². The summed E-state index contributed by atoms with van der Waals surface area (Å²) in [6, 6.07) is 8.77. The lowest BCUT2D eigenvalue weighted by atomic mass is 10.2. The number of hydrogen-bond acceptors (Lipinski definition) is 4. The second kappa shape index (κ2) is 6.38. The van der Waals surface area contributed by atoms with Crippen LogP contribution in [0.5, 0.6) is 5.88 Å². The molecule has 0 fully saturated rings. The number of hydrogen-bond donors (Lipinski definition) is 2. The first kappa shape index (κ1) is 14.3. The van der Waals surface area contributed by atoms with Crippen molar-refractivity contribution < 1.29 is 9.53 Å². The molecule has 0 atom stereocenters. The van der Waals surface area contributed by atoms with Crippen LogP contribution in [0, 0.1) is 0 Å². The van der Waals surface area contributed by atoms with E-state index >= 15 is 0 Å². The molecular formula is C14H14BrN3O2. The van der Waals surface area contributed by atoms with E-state index in [9.17, 15) is 4.79 Å². The van der Waals surface area contributed by atoms with Crippen LogP contribution in [0.4, 0.5) is 5.69 Å². The summed E-state index contributed by atoms with van der Waals surface area (Å²) in [5, 5.41) is 2.83. The molecule has 0 aliphatic rings. The first-order valence-corrected chi connectivity index (χ1v) is 6.72. The number of ether oxygens (including phenoxy) is 1. The first-order chi connectivity index (χ1) is 9.61. The predicted octanol–water partition coefficient (Wildman–Crippen LogP) is 2.36. The lowest BCUT2D eigenvalue weighted by Gasteiger charge is -2.09. The molecule has 5 nitrogen and oxygen atoms in total. The van der Waals surface area contributed by atoms with Gasteiger partial charge in [0.1, 0.15) is 0 Å². The van der Waals surface area contributed by atoms with Crippen molar-refractivity contribution in [1.29, 1.82) is 0 Å².